The molecule has 0 saturated carbocycles. The zero-order valence-corrected chi connectivity index (χ0v) is 17.7. The van der Waals surface area contributed by atoms with Gasteiger partial charge in [0.2, 0.25) is 0 Å². The molecule has 0 radical (unpaired) electrons. The Balaban J connectivity index is 1.78. The number of fused-ring (bicyclic) bond motifs is 3. The summed E-state index contributed by atoms with van der Waals surface area (Å²) in [6, 6.07) is -8.06. The molecule has 0 aliphatic rings. The van der Waals surface area contributed by atoms with Crippen molar-refractivity contribution in [1.29, 1.82) is 0 Å². The molecule has 7 rings (SSSR count). The first-order chi connectivity index (χ1) is 24.8. The van der Waals surface area contributed by atoms with E-state index in [2.05, 4.69) is 0 Å². The molecular weight excluding hydrogens is 424 g/mol. The maximum Gasteiger partial charge on any atom is 0.134 e. The second kappa shape index (κ2) is 8.00. The number of benzene rings is 6. The summed E-state index contributed by atoms with van der Waals surface area (Å²) >= 11 is 0. The van der Waals surface area contributed by atoms with Crippen molar-refractivity contribution in [2.45, 2.75) is 0 Å². The highest BCUT2D eigenvalue weighted by Crippen LogP contribution is 2.46. The molecule has 0 saturated heterocycles. The lowest BCUT2D eigenvalue weighted by atomic mass is 9.86. The smallest absolute Gasteiger partial charge is 0.134 e. The van der Waals surface area contributed by atoms with Crippen molar-refractivity contribution in [2.75, 3.05) is 0 Å². The Morgan fingerprint density at radius 3 is 1.57 bits per heavy atom. The molecule has 0 amide bonds. The minimum atomic E-state index is -0.783. The van der Waals surface area contributed by atoms with Crippen LogP contribution in [0.15, 0.2) is 138 Å². The van der Waals surface area contributed by atoms with Crippen molar-refractivity contribution in [3.8, 4) is 33.4 Å². The van der Waals surface area contributed by atoms with Gasteiger partial charge in [-0.3, -0.25) is 0 Å². The molecule has 0 atom stereocenters. The highest BCUT2D eigenvalue weighted by Gasteiger charge is 2.19. The standard InChI is InChI=1S/C34H22O/c1-3-11-23(12-4-1)25-19-20-32-30(21-25)31(22-35-32)34-28-17-9-7-15-26(28)33(24-13-5-2-6-14-24)27-16-8-10-18-29(27)34/h1-22H/i1D,2D,3D,4D,5D,6D,7D,8D,9D,10D,11D,12D,13D,14D,15D,16D,17D,18D. The van der Waals surface area contributed by atoms with Crippen LogP contribution in [-0.4, -0.2) is 0 Å². The lowest BCUT2D eigenvalue weighted by Crippen LogP contribution is -1.90. The molecule has 0 unspecified atom stereocenters. The van der Waals surface area contributed by atoms with Crippen LogP contribution in [0.5, 0.6) is 0 Å². The van der Waals surface area contributed by atoms with Crippen molar-refractivity contribution in [1.82, 2.24) is 0 Å². The lowest BCUT2D eigenvalue weighted by molar-refractivity contribution is 0.617. The third kappa shape index (κ3) is 3.17. The van der Waals surface area contributed by atoms with Crippen LogP contribution in [0, 0.1) is 0 Å². The van der Waals surface area contributed by atoms with Crippen molar-refractivity contribution in [2.24, 2.45) is 0 Å². The van der Waals surface area contributed by atoms with Crippen molar-refractivity contribution < 1.29 is 29.1 Å². The number of furan rings is 1. The second-order valence-corrected chi connectivity index (χ2v) is 7.61. The Labute approximate surface area is 229 Å². The molecule has 0 fully saturated rings. The first-order valence-corrected chi connectivity index (χ1v) is 10.5. The molecule has 164 valence electrons. The average molecular weight is 465 g/mol. The van der Waals surface area contributed by atoms with Gasteiger partial charge >= 0.3 is 0 Å². The Morgan fingerprint density at radius 1 is 0.457 bits per heavy atom. The summed E-state index contributed by atoms with van der Waals surface area (Å²) in [4.78, 5) is 0. The third-order valence-electron chi connectivity index (χ3n) is 5.76. The van der Waals surface area contributed by atoms with Crippen LogP contribution in [0.3, 0.4) is 0 Å². The van der Waals surface area contributed by atoms with Gasteiger partial charge in [-0.05, 0) is 55.9 Å². The van der Waals surface area contributed by atoms with E-state index in [0.717, 1.165) is 0 Å². The minimum absolute atomic E-state index is 0.0342. The van der Waals surface area contributed by atoms with Crippen LogP contribution < -0.4 is 0 Å². The Kier molecular flexibility index (Phi) is 2.03. The fourth-order valence-corrected chi connectivity index (χ4v) is 4.29. The predicted octanol–water partition coefficient (Wildman–Crippen LogP) is 9.74. The normalized spacial score (nSPS) is 18.6. The first-order valence-electron chi connectivity index (χ1n) is 19.5. The van der Waals surface area contributed by atoms with Gasteiger partial charge in [-0.2, -0.15) is 0 Å². The maximum absolute atomic E-state index is 9.14. The van der Waals surface area contributed by atoms with Gasteiger partial charge in [0.05, 0.1) is 30.9 Å². The number of rotatable bonds is 3. The largest absolute Gasteiger partial charge is 0.464 e. The Bertz CT molecular complexity index is 2680. The van der Waals surface area contributed by atoms with Crippen LogP contribution in [0.1, 0.15) is 24.7 Å². The Hall–Kier alpha value is -4.62. The fraction of sp³-hybridized carbons (Fsp3) is 0. The van der Waals surface area contributed by atoms with Gasteiger partial charge < -0.3 is 4.42 Å². The summed E-state index contributed by atoms with van der Waals surface area (Å²) in [5.41, 5.74) is -0.955. The molecule has 1 heterocycles. The van der Waals surface area contributed by atoms with Gasteiger partial charge in [-0.1, -0.05) is 115 Å². The molecule has 0 aliphatic carbocycles. The molecule has 0 N–H and O–H groups in total. The van der Waals surface area contributed by atoms with Crippen LogP contribution in [-0.2, 0) is 0 Å². The monoisotopic (exact) mass is 464 g/mol. The van der Waals surface area contributed by atoms with E-state index in [4.69, 9.17) is 29.1 Å². The summed E-state index contributed by atoms with van der Waals surface area (Å²) in [5.74, 6) is 0. The fourth-order valence-electron chi connectivity index (χ4n) is 4.29. The maximum atomic E-state index is 9.14. The highest BCUT2D eigenvalue weighted by atomic mass is 16.3. The predicted molar refractivity (Wildman–Crippen MR) is 148 cm³/mol. The Morgan fingerprint density at radius 2 is 0.971 bits per heavy atom. The number of hydrogen-bond donors (Lipinski definition) is 0. The highest BCUT2D eigenvalue weighted by molar-refractivity contribution is 6.23. The second-order valence-electron chi connectivity index (χ2n) is 7.61. The first kappa shape index (κ1) is 8.87. The van der Waals surface area contributed by atoms with E-state index in [1.54, 1.807) is 0 Å². The van der Waals surface area contributed by atoms with E-state index < -0.39 is 131 Å². The molecule has 6 aromatic carbocycles. The summed E-state index contributed by atoms with van der Waals surface area (Å²) < 4.78 is 161. The zero-order valence-electron chi connectivity index (χ0n) is 35.7. The summed E-state index contributed by atoms with van der Waals surface area (Å²) in [6.45, 7) is 0. The number of hydrogen-bond acceptors (Lipinski definition) is 1. The van der Waals surface area contributed by atoms with E-state index in [0.29, 0.717) is 0 Å². The van der Waals surface area contributed by atoms with Gasteiger partial charge in [0.1, 0.15) is 5.58 Å². The van der Waals surface area contributed by atoms with E-state index in [1.807, 2.05) is 0 Å². The van der Waals surface area contributed by atoms with Gasteiger partial charge in [0.25, 0.3) is 0 Å². The molecular formula is C34H22O. The van der Waals surface area contributed by atoms with Crippen molar-refractivity contribution >= 4 is 32.5 Å². The van der Waals surface area contributed by atoms with E-state index in [1.165, 1.54) is 24.5 Å². The molecule has 1 heteroatoms. The summed E-state index contributed by atoms with van der Waals surface area (Å²) in [6.07, 6.45) is 1.19. The van der Waals surface area contributed by atoms with E-state index in [-0.39, 0.29) is 44.0 Å². The van der Waals surface area contributed by atoms with Gasteiger partial charge in [0, 0.05) is 16.5 Å². The van der Waals surface area contributed by atoms with E-state index >= 15 is 0 Å². The topological polar surface area (TPSA) is 13.1 Å². The third-order valence-corrected chi connectivity index (χ3v) is 5.76. The van der Waals surface area contributed by atoms with Gasteiger partial charge in [-0.15, -0.1) is 0 Å². The van der Waals surface area contributed by atoms with Crippen LogP contribution in [0.4, 0.5) is 0 Å². The summed E-state index contributed by atoms with van der Waals surface area (Å²) in [5, 5.41) is -1.24. The zero-order chi connectivity index (χ0) is 38.9. The molecule has 0 spiro atoms. The van der Waals surface area contributed by atoms with E-state index in [9.17, 15) is 0 Å². The molecule has 35 heavy (non-hydrogen) atoms. The molecule has 0 aliphatic heterocycles. The average Bonchev–Trinajstić information content (AvgIpc) is 3.56. The summed E-state index contributed by atoms with van der Waals surface area (Å²) in [7, 11) is 0. The molecule has 7 aromatic rings. The van der Waals surface area contributed by atoms with Crippen molar-refractivity contribution in [3.05, 3.63) is 133 Å². The molecule has 1 aromatic heterocycles. The molecule has 0 bridgehead atoms. The molecule has 1 nitrogen and oxygen atoms in total. The minimum Gasteiger partial charge on any atom is -0.464 e. The quantitative estimate of drug-likeness (QED) is 0.237. The van der Waals surface area contributed by atoms with Crippen molar-refractivity contribution in [3.63, 3.8) is 0 Å². The van der Waals surface area contributed by atoms with Gasteiger partial charge in [-0.25, -0.2) is 0 Å². The van der Waals surface area contributed by atoms with Crippen LogP contribution >= 0.6 is 0 Å². The lowest BCUT2D eigenvalue weighted by Gasteiger charge is -2.17. The van der Waals surface area contributed by atoms with Crippen LogP contribution in [0.25, 0.3) is 65.9 Å². The van der Waals surface area contributed by atoms with Gasteiger partial charge in [0.15, 0.2) is 0 Å². The SMILES string of the molecule is [2H]c1c([2H])c([2H])c(-c2ccc3occ(-c4c5c([2H])c([2H])c([2H])c([2H])c5c(-c5c([2H])c([2H])c([2H])c([2H])c5[2H])c5c([2H])c([2H])c([2H])c([2H])c45)c3c2)c([2H])c1[2H]. The van der Waals surface area contributed by atoms with Crippen LogP contribution in [0.2, 0.25) is 0 Å².